The zero-order chi connectivity index (χ0) is 13.9. The Morgan fingerprint density at radius 3 is 2.28 bits per heavy atom. The Morgan fingerprint density at radius 2 is 1.89 bits per heavy atom. The molecule has 0 amide bonds. The molecule has 0 fully saturated rings. The number of aryl methyl sites for hydroxylation is 2. The molecule has 1 rings (SSSR count). The standard InChI is InChI=1S/C12H15BrN2O2S/c1-4-11(7-14)18(16,17)15-10-5-8(2)12(13)9(3)6-10/h5-6,11,15H,4H2,1-3H3. The summed E-state index contributed by atoms with van der Waals surface area (Å²) in [6.07, 6.45) is 0.264. The number of anilines is 1. The summed E-state index contributed by atoms with van der Waals surface area (Å²) in [6.45, 7) is 5.44. The van der Waals surface area contributed by atoms with Gasteiger partial charge >= 0.3 is 0 Å². The summed E-state index contributed by atoms with van der Waals surface area (Å²) in [5.41, 5.74) is 2.37. The second-order valence-electron chi connectivity index (χ2n) is 4.10. The maximum atomic E-state index is 11.9. The van der Waals surface area contributed by atoms with Crippen molar-refractivity contribution in [2.45, 2.75) is 32.4 Å². The lowest BCUT2D eigenvalue weighted by molar-refractivity contribution is 0.593. The predicted molar refractivity (Wildman–Crippen MR) is 75.9 cm³/mol. The topological polar surface area (TPSA) is 70.0 Å². The van der Waals surface area contributed by atoms with E-state index in [0.29, 0.717) is 5.69 Å². The Morgan fingerprint density at radius 1 is 1.39 bits per heavy atom. The van der Waals surface area contributed by atoms with Crippen LogP contribution in [0.1, 0.15) is 24.5 Å². The molecule has 98 valence electrons. The largest absolute Gasteiger partial charge is 0.282 e. The van der Waals surface area contributed by atoms with Gasteiger partial charge in [-0.1, -0.05) is 22.9 Å². The molecule has 1 aromatic carbocycles. The van der Waals surface area contributed by atoms with Crippen molar-refractivity contribution in [1.29, 1.82) is 5.26 Å². The maximum absolute atomic E-state index is 11.9. The van der Waals surface area contributed by atoms with E-state index in [9.17, 15) is 8.42 Å². The van der Waals surface area contributed by atoms with Gasteiger partial charge in [0.1, 0.15) is 0 Å². The molecule has 0 aliphatic carbocycles. The van der Waals surface area contributed by atoms with Gasteiger partial charge in [0.05, 0.1) is 6.07 Å². The molecule has 0 heterocycles. The molecule has 0 saturated carbocycles. The molecule has 1 aromatic rings. The fourth-order valence-electron chi connectivity index (χ4n) is 1.62. The van der Waals surface area contributed by atoms with Gasteiger partial charge in [0.25, 0.3) is 0 Å². The third-order valence-electron chi connectivity index (χ3n) is 2.59. The summed E-state index contributed by atoms with van der Waals surface area (Å²) in [4.78, 5) is 0. The van der Waals surface area contributed by atoms with Crippen LogP contribution in [0.4, 0.5) is 5.69 Å². The van der Waals surface area contributed by atoms with Gasteiger partial charge in [-0.25, -0.2) is 8.42 Å². The van der Waals surface area contributed by atoms with Gasteiger partial charge in [-0.15, -0.1) is 0 Å². The highest BCUT2D eigenvalue weighted by atomic mass is 79.9. The Hall–Kier alpha value is -1.06. The molecular weight excluding hydrogens is 316 g/mol. The van der Waals surface area contributed by atoms with E-state index in [0.717, 1.165) is 15.6 Å². The normalized spacial score (nSPS) is 12.8. The van der Waals surface area contributed by atoms with Gasteiger partial charge in [0.2, 0.25) is 10.0 Å². The number of hydrogen-bond donors (Lipinski definition) is 1. The van der Waals surface area contributed by atoms with Crippen LogP contribution in [-0.2, 0) is 10.0 Å². The number of nitriles is 1. The van der Waals surface area contributed by atoms with Gasteiger partial charge in [0, 0.05) is 10.2 Å². The Balaban J connectivity index is 3.10. The molecule has 0 radical (unpaired) electrons. The molecule has 1 unspecified atom stereocenters. The Kier molecular flexibility index (Phi) is 4.77. The molecule has 1 N–H and O–H groups in total. The first-order chi connectivity index (χ1) is 8.31. The van der Waals surface area contributed by atoms with Crippen LogP contribution in [0, 0.1) is 25.2 Å². The van der Waals surface area contributed by atoms with Crippen LogP contribution in [0.2, 0.25) is 0 Å². The number of halogens is 1. The van der Waals surface area contributed by atoms with E-state index >= 15 is 0 Å². The lowest BCUT2D eigenvalue weighted by Crippen LogP contribution is -2.26. The summed E-state index contributed by atoms with van der Waals surface area (Å²) in [5.74, 6) is 0. The summed E-state index contributed by atoms with van der Waals surface area (Å²) in [5, 5.41) is 7.79. The fourth-order valence-corrected chi connectivity index (χ4v) is 3.02. The Bertz CT molecular complexity index is 568. The highest BCUT2D eigenvalue weighted by molar-refractivity contribution is 9.10. The van der Waals surface area contributed by atoms with Crippen LogP contribution in [0.3, 0.4) is 0 Å². The van der Waals surface area contributed by atoms with Crippen molar-refractivity contribution in [3.8, 4) is 6.07 Å². The van der Waals surface area contributed by atoms with Gasteiger partial charge in [0.15, 0.2) is 5.25 Å². The molecule has 1 atom stereocenters. The summed E-state index contributed by atoms with van der Waals surface area (Å²) >= 11 is 3.42. The summed E-state index contributed by atoms with van der Waals surface area (Å²) in [7, 11) is -3.65. The molecule has 0 aliphatic rings. The van der Waals surface area contributed by atoms with Gasteiger partial charge in [-0.05, 0) is 43.5 Å². The van der Waals surface area contributed by atoms with Crippen molar-refractivity contribution >= 4 is 31.6 Å². The van der Waals surface area contributed by atoms with E-state index in [2.05, 4.69) is 20.7 Å². The average Bonchev–Trinajstić information content (AvgIpc) is 2.26. The van der Waals surface area contributed by atoms with E-state index in [1.165, 1.54) is 0 Å². The van der Waals surface area contributed by atoms with Crippen LogP contribution in [0.15, 0.2) is 16.6 Å². The van der Waals surface area contributed by atoms with E-state index in [1.807, 2.05) is 13.8 Å². The zero-order valence-corrected chi connectivity index (χ0v) is 12.9. The lowest BCUT2D eigenvalue weighted by Gasteiger charge is -2.13. The molecule has 4 nitrogen and oxygen atoms in total. The minimum Gasteiger partial charge on any atom is -0.282 e. The number of benzene rings is 1. The van der Waals surface area contributed by atoms with Crippen LogP contribution in [-0.4, -0.2) is 13.7 Å². The minimum atomic E-state index is -3.65. The molecule has 0 saturated heterocycles. The third kappa shape index (κ3) is 3.24. The van der Waals surface area contributed by atoms with Crippen LogP contribution >= 0.6 is 15.9 Å². The molecule has 18 heavy (non-hydrogen) atoms. The second-order valence-corrected chi connectivity index (χ2v) is 6.75. The maximum Gasteiger partial charge on any atom is 0.249 e. The molecule has 0 aliphatic heterocycles. The van der Waals surface area contributed by atoms with Crippen molar-refractivity contribution in [2.24, 2.45) is 0 Å². The van der Waals surface area contributed by atoms with E-state index in [-0.39, 0.29) is 6.42 Å². The zero-order valence-electron chi connectivity index (χ0n) is 10.5. The number of hydrogen-bond acceptors (Lipinski definition) is 3. The first-order valence-electron chi connectivity index (χ1n) is 5.49. The van der Waals surface area contributed by atoms with Crippen LogP contribution in [0.25, 0.3) is 0 Å². The van der Waals surface area contributed by atoms with Crippen molar-refractivity contribution in [3.05, 3.63) is 27.7 Å². The van der Waals surface area contributed by atoms with Crippen molar-refractivity contribution in [1.82, 2.24) is 0 Å². The van der Waals surface area contributed by atoms with E-state index in [1.54, 1.807) is 25.1 Å². The van der Waals surface area contributed by atoms with Crippen molar-refractivity contribution in [2.75, 3.05) is 4.72 Å². The van der Waals surface area contributed by atoms with Gasteiger partial charge in [-0.3, -0.25) is 4.72 Å². The SMILES string of the molecule is CCC(C#N)S(=O)(=O)Nc1cc(C)c(Br)c(C)c1. The smallest absolute Gasteiger partial charge is 0.249 e. The molecule has 0 bridgehead atoms. The first kappa shape index (κ1) is 15.0. The van der Waals surface area contributed by atoms with E-state index in [4.69, 9.17) is 5.26 Å². The number of nitrogens with zero attached hydrogens (tertiary/aromatic N) is 1. The lowest BCUT2D eigenvalue weighted by atomic mass is 10.1. The predicted octanol–water partition coefficient (Wildman–Crippen LogP) is 3.11. The molecular formula is C12H15BrN2O2S. The first-order valence-corrected chi connectivity index (χ1v) is 7.83. The monoisotopic (exact) mass is 330 g/mol. The Labute approximate surface area is 116 Å². The highest BCUT2D eigenvalue weighted by Crippen LogP contribution is 2.26. The van der Waals surface area contributed by atoms with Gasteiger partial charge in [-0.2, -0.15) is 5.26 Å². The van der Waals surface area contributed by atoms with Crippen molar-refractivity contribution < 1.29 is 8.42 Å². The minimum absolute atomic E-state index is 0.264. The quantitative estimate of drug-likeness (QED) is 0.921. The highest BCUT2D eigenvalue weighted by Gasteiger charge is 2.23. The average molecular weight is 331 g/mol. The van der Waals surface area contributed by atoms with Crippen LogP contribution < -0.4 is 4.72 Å². The van der Waals surface area contributed by atoms with Crippen molar-refractivity contribution in [3.63, 3.8) is 0 Å². The summed E-state index contributed by atoms with van der Waals surface area (Å²) < 4.78 is 27.3. The number of rotatable bonds is 4. The van der Waals surface area contributed by atoms with E-state index < -0.39 is 15.3 Å². The third-order valence-corrected chi connectivity index (χ3v) is 5.54. The van der Waals surface area contributed by atoms with Gasteiger partial charge < -0.3 is 0 Å². The molecule has 0 spiro atoms. The second kappa shape index (κ2) is 5.72. The number of sulfonamides is 1. The molecule has 6 heteroatoms. The summed E-state index contributed by atoms with van der Waals surface area (Å²) in [6, 6.07) is 5.26. The fraction of sp³-hybridized carbons (Fsp3) is 0.417. The number of nitrogens with one attached hydrogen (secondary N) is 1. The van der Waals surface area contributed by atoms with Crippen LogP contribution in [0.5, 0.6) is 0 Å². The molecule has 0 aromatic heterocycles.